The van der Waals surface area contributed by atoms with E-state index in [-0.39, 0.29) is 0 Å². The predicted octanol–water partition coefficient (Wildman–Crippen LogP) is 1.35. The highest BCUT2D eigenvalue weighted by Crippen LogP contribution is 2.21. The highest BCUT2D eigenvalue weighted by molar-refractivity contribution is 5.65. The van der Waals surface area contributed by atoms with Gasteiger partial charge in [0.05, 0.1) is 11.4 Å². The van der Waals surface area contributed by atoms with Crippen molar-refractivity contribution in [3.63, 3.8) is 0 Å². The van der Waals surface area contributed by atoms with Gasteiger partial charge in [0.15, 0.2) is 0 Å². The molecule has 88 valence electrons. The van der Waals surface area contributed by atoms with Crippen LogP contribution in [0.2, 0.25) is 0 Å². The second kappa shape index (κ2) is 6.02. The fourth-order valence-electron chi connectivity index (χ4n) is 1.14. The number of rotatable bonds is 5. The average Bonchev–Trinajstić information content (AvgIpc) is 2.22. The lowest BCUT2D eigenvalue weighted by atomic mass is 10.2. The molecule has 0 aliphatic rings. The van der Waals surface area contributed by atoms with Crippen LogP contribution in [0.3, 0.4) is 0 Å². The summed E-state index contributed by atoms with van der Waals surface area (Å²) in [5.74, 6) is 0.737. The maximum absolute atomic E-state index is 5.66. The summed E-state index contributed by atoms with van der Waals surface area (Å²) in [4.78, 5) is 2.08. The highest BCUT2D eigenvalue weighted by Gasteiger charge is 1.96. The number of likely N-dealkylation sites (N-methyl/N-ethyl adjacent to an activating group) is 1. The van der Waals surface area contributed by atoms with Crippen LogP contribution in [0.25, 0.3) is 0 Å². The van der Waals surface area contributed by atoms with Gasteiger partial charge < -0.3 is 21.1 Å². The molecule has 0 amide bonds. The van der Waals surface area contributed by atoms with Gasteiger partial charge in [0, 0.05) is 12.6 Å². The van der Waals surface area contributed by atoms with Gasteiger partial charge in [0.2, 0.25) is 0 Å². The smallest absolute Gasteiger partial charge is 0.121 e. The number of nitrogens with zero attached hydrogens (tertiary/aromatic N) is 1. The molecule has 4 heteroatoms. The third-order valence-electron chi connectivity index (χ3n) is 2.04. The highest BCUT2D eigenvalue weighted by atomic mass is 16.5. The Morgan fingerprint density at radius 3 is 2.56 bits per heavy atom. The van der Waals surface area contributed by atoms with Crippen LogP contribution in [0.15, 0.2) is 30.4 Å². The van der Waals surface area contributed by atoms with E-state index >= 15 is 0 Å². The zero-order valence-electron chi connectivity index (χ0n) is 9.81. The standard InChI is InChI=1S/C12H19N3O/c1-15(2)7-3-4-8-16-10-5-6-11(13)12(14)9-10/h3-6,9H,7-8,13-14H2,1-2H3. The Labute approximate surface area is 96.5 Å². The van der Waals surface area contributed by atoms with E-state index in [0.717, 1.165) is 12.3 Å². The molecular weight excluding hydrogens is 202 g/mol. The van der Waals surface area contributed by atoms with Gasteiger partial charge in [0.1, 0.15) is 12.4 Å². The molecule has 4 nitrogen and oxygen atoms in total. The summed E-state index contributed by atoms with van der Waals surface area (Å²) < 4.78 is 5.48. The summed E-state index contributed by atoms with van der Waals surface area (Å²) in [5, 5.41) is 0. The summed E-state index contributed by atoms with van der Waals surface area (Å²) in [7, 11) is 4.04. The molecule has 0 radical (unpaired) electrons. The van der Waals surface area contributed by atoms with Crippen LogP contribution in [0.4, 0.5) is 11.4 Å². The van der Waals surface area contributed by atoms with Crippen molar-refractivity contribution >= 4 is 11.4 Å². The van der Waals surface area contributed by atoms with Crippen molar-refractivity contribution in [2.75, 3.05) is 38.7 Å². The SMILES string of the molecule is CN(C)CC=CCOc1ccc(N)c(N)c1. The number of ether oxygens (including phenoxy) is 1. The van der Waals surface area contributed by atoms with Gasteiger partial charge in [-0.2, -0.15) is 0 Å². The second-order valence-electron chi connectivity index (χ2n) is 3.84. The summed E-state index contributed by atoms with van der Waals surface area (Å²) in [6.07, 6.45) is 4.03. The molecule has 0 saturated carbocycles. The van der Waals surface area contributed by atoms with Gasteiger partial charge in [-0.05, 0) is 26.2 Å². The van der Waals surface area contributed by atoms with Crippen molar-refractivity contribution in [3.05, 3.63) is 30.4 Å². The molecule has 0 bridgehead atoms. The molecule has 0 atom stereocenters. The second-order valence-corrected chi connectivity index (χ2v) is 3.84. The van der Waals surface area contributed by atoms with E-state index in [2.05, 4.69) is 11.0 Å². The number of anilines is 2. The molecule has 0 aliphatic carbocycles. The zero-order valence-corrected chi connectivity index (χ0v) is 9.81. The molecule has 1 rings (SSSR count). The van der Waals surface area contributed by atoms with Gasteiger partial charge in [-0.1, -0.05) is 12.2 Å². The van der Waals surface area contributed by atoms with E-state index in [1.54, 1.807) is 12.1 Å². The molecule has 0 spiro atoms. The topological polar surface area (TPSA) is 64.5 Å². The van der Waals surface area contributed by atoms with Crippen LogP contribution < -0.4 is 16.2 Å². The van der Waals surface area contributed by atoms with Crippen LogP contribution in [0.1, 0.15) is 0 Å². The van der Waals surface area contributed by atoms with Crippen molar-refractivity contribution in [1.29, 1.82) is 0 Å². The first kappa shape index (κ1) is 12.4. The number of hydrogen-bond acceptors (Lipinski definition) is 4. The first-order valence-corrected chi connectivity index (χ1v) is 5.17. The normalized spacial score (nSPS) is 11.2. The molecule has 16 heavy (non-hydrogen) atoms. The van der Waals surface area contributed by atoms with Gasteiger partial charge in [0.25, 0.3) is 0 Å². The van der Waals surface area contributed by atoms with Gasteiger partial charge >= 0.3 is 0 Å². The Kier molecular flexibility index (Phi) is 4.66. The zero-order chi connectivity index (χ0) is 12.0. The minimum atomic E-state index is 0.539. The van der Waals surface area contributed by atoms with E-state index in [1.807, 2.05) is 26.2 Å². The lowest BCUT2D eigenvalue weighted by molar-refractivity contribution is 0.361. The van der Waals surface area contributed by atoms with E-state index in [1.165, 1.54) is 0 Å². The fourth-order valence-corrected chi connectivity index (χ4v) is 1.14. The van der Waals surface area contributed by atoms with Gasteiger partial charge in [-0.15, -0.1) is 0 Å². The Morgan fingerprint density at radius 1 is 1.19 bits per heavy atom. The van der Waals surface area contributed by atoms with E-state index in [9.17, 15) is 0 Å². The number of hydrogen-bond donors (Lipinski definition) is 2. The molecule has 0 aromatic heterocycles. The van der Waals surface area contributed by atoms with Crippen LogP contribution in [0, 0.1) is 0 Å². The van der Waals surface area contributed by atoms with E-state index in [4.69, 9.17) is 16.2 Å². The third-order valence-corrected chi connectivity index (χ3v) is 2.04. The summed E-state index contributed by atoms with van der Waals surface area (Å²) in [5.41, 5.74) is 12.4. The number of nitrogen functional groups attached to an aromatic ring is 2. The van der Waals surface area contributed by atoms with Crippen molar-refractivity contribution in [1.82, 2.24) is 4.90 Å². The summed E-state index contributed by atoms with van der Waals surface area (Å²) in [6, 6.07) is 5.29. The lowest BCUT2D eigenvalue weighted by Crippen LogP contribution is -2.10. The van der Waals surface area contributed by atoms with Crippen molar-refractivity contribution in [3.8, 4) is 5.75 Å². The maximum atomic E-state index is 5.66. The number of nitrogens with two attached hydrogens (primary N) is 2. The Morgan fingerprint density at radius 2 is 1.94 bits per heavy atom. The minimum absolute atomic E-state index is 0.539. The van der Waals surface area contributed by atoms with E-state index < -0.39 is 0 Å². The predicted molar refractivity (Wildman–Crippen MR) is 68.5 cm³/mol. The molecule has 0 saturated heterocycles. The Hall–Kier alpha value is -1.68. The van der Waals surface area contributed by atoms with E-state index in [0.29, 0.717) is 18.0 Å². The Balaban J connectivity index is 2.37. The minimum Gasteiger partial charge on any atom is -0.489 e. The molecule has 0 fully saturated rings. The van der Waals surface area contributed by atoms with Crippen LogP contribution in [-0.4, -0.2) is 32.1 Å². The molecule has 1 aromatic carbocycles. The summed E-state index contributed by atoms with van der Waals surface area (Å²) in [6.45, 7) is 1.45. The van der Waals surface area contributed by atoms with Gasteiger partial charge in [-0.3, -0.25) is 0 Å². The monoisotopic (exact) mass is 221 g/mol. The molecule has 0 aliphatic heterocycles. The lowest BCUT2D eigenvalue weighted by Gasteiger charge is -2.06. The first-order chi connectivity index (χ1) is 7.59. The molecule has 4 N–H and O–H groups in total. The molecule has 0 unspecified atom stereocenters. The fraction of sp³-hybridized carbons (Fsp3) is 0.333. The number of benzene rings is 1. The largest absolute Gasteiger partial charge is 0.489 e. The average molecular weight is 221 g/mol. The van der Waals surface area contributed by atoms with Crippen LogP contribution in [-0.2, 0) is 0 Å². The van der Waals surface area contributed by atoms with Crippen molar-refractivity contribution in [2.45, 2.75) is 0 Å². The van der Waals surface area contributed by atoms with Crippen LogP contribution >= 0.6 is 0 Å². The molecular formula is C12H19N3O. The molecule has 1 aromatic rings. The summed E-state index contributed by atoms with van der Waals surface area (Å²) >= 11 is 0. The molecule has 0 heterocycles. The maximum Gasteiger partial charge on any atom is 0.121 e. The van der Waals surface area contributed by atoms with Crippen LogP contribution in [0.5, 0.6) is 5.75 Å². The quantitative estimate of drug-likeness (QED) is 0.582. The Bertz CT molecular complexity index is 361. The first-order valence-electron chi connectivity index (χ1n) is 5.17. The third kappa shape index (κ3) is 4.23. The van der Waals surface area contributed by atoms with Gasteiger partial charge in [-0.25, -0.2) is 0 Å². The van der Waals surface area contributed by atoms with Crippen molar-refractivity contribution < 1.29 is 4.74 Å². The van der Waals surface area contributed by atoms with Crippen molar-refractivity contribution in [2.24, 2.45) is 0 Å².